The number of hydrogen-bond acceptors (Lipinski definition) is 4. The molecule has 3 rings (SSSR count). The highest BCUT2D eigenvalue weighted by molar-refractivity contribution is 5.98. The van der Waals surface area contributed by atoms with Gasteiger partial charge in [-0.25, -0.2) is 0 Å². The monoisotopic (exact) mass is 338 g/mol. The lowest BCUT2D eigenvalue weighted by Gasteiger charge is -2.05. The van der Waals surface area contributed by atoms with Crippen molar-refractivity contribution in [2.24, 2.45) is 0 Å². The first kappa shape index (κ1) is 16.5. The second kappa shape index (κ2) is 7.48. The molecule has 0 bridgehead atoms. The maximum atomic E-state index is 12.2. The summed E-state index contributed by atoms with van der Waals surface area (Å²) in [4.78, 5) is 31.0. The Morgan fingerprint density at radius 3 is 2.72 bits per heavy atom. The minimum Gasteiger partial charge on any atom is -0.497 e. The molecule has 128 valence electrons. The van der Waals surface area contributed by atoms with Crippen LogP contribution in [0.4, 0.5) is 5.69 Å². The minimum absolute atomic E-state index is 0.173. The number of hydrogen-bond donors (Lipinski definition) is 3. The molecule has 0 spiro atoms. The molecule has 0 atom stereocenters. The fourth-order valence-corrected chi connectivity index (χ4v) is 2.40. The van der Waals surface area contributed by atoms with E-state index < -0.39 is 0 Å². The lowest BCUT2D eigenvalue weighted by molar-refractivity contribution is -0.116. The van der Waals surface area contributed by atoms with Gasteiger partial charge in [-0.2, -0.15) is 0 Å². The second-order valence-corrected chi connectivity index (χ2v) is 5.43. The average molecular weight is 338 g/mol. The number of aromatic nitrogens is 2. The van der Waals surface area contributed by atoms with E-state index in [1.54, 1.807) is 37.7 Å². The van der Waals surface area contributed by atoms with Crippen LogP contribution < -0.4 is 15.4 Å². The Labute approximate surface area is 144 Å². The molecule has 0 radical (unpaired) electrons. The molecule has 3 aromatic rings. The van der Waals surface area contributed by atoms with Crippen LogP contribution in [-0.4, -0.2) is 35.4 Å². The van der Waals surface area contributed by atoms with E-state index >= 15 is 0 Å². The standard InChI is InChI=1S/C18H18N4O3/c1-25-14-3-2-12-10-16(22-15(12)11-14)18(24)20-9-6-17(23)21-13-4-7-19-8-5-13/h2-5,7-8,10-11,22H,6,9H2,1H3,(H,20,24)(H,19,21,23). The number of rotatable bonds is 6. The largest absolute Gasteiger partial charge is 0.497 e. The van der Waals surface area contributed by atoms with E-state index in [4.69, 9.17) is 4.74 Å². The average Bonchev–Trinajstić information content (AvgIpc) is 3.05. The number of nitrogens with one attached hydrogen (secondary N) is 3. The van der Waals surface area contributed by atoms with Gasteiger partial charge in [0.05, 0.1) is 7.11 Å². The van der Waals surface area contributed by atoms with Gasteiger partial charge in [-0.1, -0.05) is 0 Å². The van der Waals surface area contributed by atoms with E-state index in [1.807, 2.05) is 18.2 Å². The van der Waals surface area contributed by atoms with Crippen LogP contribution in [0.2, 0.25) is 0 Å². The summed E-state index contributed by atoms with van der Waals surface area (Å²) in [5, 5.41) is 6.39. The van der Waals surface area contributed by atoms with Crippen molar-refractivity contribution >= 4 is 28.4 Å². The number of H-pyrrole nitrogens is 1. The Hall–Kier alpha value is -3.35. The van der Waals surface area contributed by atoms with E-state index in [0.29, 0.717) is 17.1 Å². The lowest BCUT2D eigenvalue weighted by atomic mass is 10.2. The van der Waals surface area contributed by atoms with Crippen molar-refractivity contribution in [3.8, 4) is 5.75 Å². The summed E-state index contributed by atoms with van der Waals surface area (Å²) in [6.07, 6.45) is 3.38. The first-order valence-corrected chi connectivity index (χ1v) is 7.80. The summed E-state index contributed by atoms with van der Waals surface area (Å²) in [5.74, 6) is 0.286. The Morgan fingerprint density at radius 2 is 1.96 bits per heavy atom. The number of carbonyl (C=O) groups excluding carboxylic acids is 2. The summed E-state index contributed by atoms with van der Waals surface area (Å²) in [6.45, 7) is 0.244. The molecule has 0 aliphatic rings. The molecule has 0 aliphatic heterocycles. The maximum Gasteiger partial charge on any atom is 0.267 e. The van der Waals surface area contributed by atoms with Gasteiger partial charge >= 0.3 is 0 Å². The third-order valence-electron chi connectivity index (χ3n) is 3.68. The highest BCUT2D eigenvalue weighted by atomic mass is 16.5. The Bertz CT molecular complexity index is 890. The van der Waals surface area contributed by atoms with E-state index in [0.717, 1.165) is 10.9 Å². The van der Waals surface area contributed by atoms with E-state index in [1.165, 1.54) is 0 Å². The predicted molar refractivity (Wildman–Crippen MR) is 94.7 cm³/mol. The fraction of sp³-hybridized carbons (Fsp3) is 0.167. The third kappa shape index (κ3) is 4.14. The van der Waals surface area contributed by atoms with Crippen molar-refractivity contribution in [2.75, 3.05) is 19.0 Å². The predicted octanol–water partition coefficient (Wildman–Crippen LogP) is 2.33. The number of pyridine rings is 1. The molecule has 0 saturated heterocycles. The van der Waals surface area contributed by atoms with Crippen molar-refractivity contribution in [2.45, 2.75) is 6.42 Å². The van der Waals surface area contributed by atoms with Gasteiger partial charge in [-0.3, -0.25) is 14.6 Å². The molecule has 0 unspecified atom stereocenters. The van der Waals surface area contributed by atoms with Gasteiger partial charge < -0.3 is 20.4 Å². The molecule has 1 aromatic carbocycles. The van der Waals surface area contributed by atoms with Crippen molar-refractivity contribution in [1.29, 1.82) is 0 Å². The van der Waals surface area contributed by atoms with Gasteiger partial charge in [0.15, 0.2) is 0 Å². The maximum absolute atomic E-state index is 12.2. The minimum atomic E-state index is -0.258. The molecule has 7 heteroatoms. The topological polar surface area (TPSA) is 96.1 Å². The van der Waals surface area contributed by atoms with Gasteiger partial charge in [0, 0.05) is 48.0 Å². The summed E-state index contributed by atoms with van der Waals surface area (Å²) >= 11 is 0. The van der Waals surface area contributed by atoms with Crippen LogP contribution in [0.25, 0.3) is 10.9 Å². The summed E-state index contributed by atoms with van der Waals surface area (Å²) < 4.78 is 5.16. The number of aromatic amines is 1. The quantitative estimate of drug-likeness (QED) is 0.643. The molecule has 2 amide bonds. The fourth-order valence-electron chi connectivity index (χ4n) is 2.40. The molecule has 0 saturated carbocycles. The van der Waals surface area contributed by atoms with Gasteiger partial charge in [0.2, 0.25) is 5.91 Å². The summed E-state index contributed by atoms with van der Waals surface area (Å²) in [6, 6.07) is 10.7. The number of nitrogens with zero attached hydrogens (tertiary/aromatic N) is 1. The Kier molecular flexibility index (Phi) is 4.94. The normalized spacial score (nSPS) is 10.4. The number of carbonyl (C=O) groups is 2. The summed E-state index contributed by atoms with van der Waals surface area (Å²) in [5.41, 5.74) is 1.94. The summed E-state index contributed by atoms with van der Waals surface area (Å²) in [7, 11) is 1.59. The van der Waals surface area contributed by atoms with Crippen LogP contribution in [0.3, 0.4) is 0 Å². The van der Waals surface area contributed by atoms with Crippen LogP contribution in [0, 0.1) is 0 Å². The van der Waals surface area contributed by atoms with E-state index in [2.05, 4.69) is 20.6 Å². The molecule has 25 heavy (non-hydrogen) atoms. The molecule has 2 heterocycles. The van der Waals surface area contributed by atoms with Crippen molar-refractivity contribution in [3.05, 3.63) is 54.5 Å². The number of ether oxygens (including phenoxy) is 1. The number of benzene rings is 1. The lowest BCUT2D eigenvalue weighted by Crippen LogP contribution is -2.27. The third-order valence-corrected chi connectivity index (χ3v) is 3.68. The molecule has 0 aliphatic carbocycles. The first-order chi connectivity index (χ1) is 12.2. The van der Waals surface area contributed by atoms with Gasteiger partial charge in [0.25, 0.3) is 5.91 Å². The number of methoxy groups -OCH3 is 1. The van der Waals surface area contributed by atoms with Crippen LogP contribution >= 0.6 is 0 Å². The Morgan fingerprint density at radius 1 is 1.16 bits per heavy atom. The van der Waals surface area contributed by atoms with Gasteiger partial charge in [0.1, 0.15) is 11.4 Å². The molecular formula is C18H18N4O3. The van der Waals surface area contributed by atoms with Crippen molar-refractivity contribution in [3.63, 3.8) is 0 Å². The van der Waals surface area contributed by atoms with Crippen molar-refractivity contribution < 1.29 is 14.3 Å². The van der Waals surface area contributed by atoms with Crippen molar-refractivity contribution in [1.82, 2.24) is 15.3 Å². The zero-order valence-electron chi connectivity index (χ0n) is 13.7. The zero-order valence-corrected chi connectivity index (χ0v) is 13.7. The molecular weight excluding hydrogens is 320 g/mol. The van der Waals surface area contributed by atoms with Gasteiger partial charge in [-0.15, -0.1) is 0 Å². The first-order valence-electron chi connectivity index (χ1n) is 7.80. The van der Waals surface area contributed by atoms with Crippen LogP contribution in [0.15, 0.2) is 48.8 Å². The van der Waals surface area contributed by atoms with E-state index in [-0.39, 0.29) is 24.8 Å². The van der Waals surface area contributed by atoms with Crippen LogP contribution in [-0.2, 0) is 4.79 Å². The van der Waals surface area contributed by atoms with Crippen LogP contribution in [0.1, 0.15) is 16.9 Å². The highest BCUT2D eigenvalue weighted by Crippen LogP contribution is 2.21. The SMILES string of the molecule is COc1ccc2cc(C(=O)NCCC(=O)Nc3ccncc3)[nH]c2c1. The molecule has 0 fully saturated rings. The molecule has 7 nitrogen and oxygen atoms in total. The van der Waals surface area contributed by atoms with Crippen LogP contribution in [0.5, 0.6) is 5.75 Å². The Balaban J connectivity index is 1.53. The second-order valence-electron chi connectivity index (χ2n) is 5.43. The molecule has 2 aromatic heterocycles. The smallest absolute Gasteiger partial charge is 0.267 e. The number of anilines is 1. The molecule has 3 N–H and O–H groups in total. The zero-order chi connectivity index (χ0) is 17.6. The number of amides is 2. The van der Waals surface area contributed by atoms with Gasteiger partial charge in [-0.05, 0) is 30.3 Å². The number of fused-ring (bicyclic) bond motifs is 1. The van der Waals surface area contributed by atoms with E-state index in [9.17, 15) is 9.59 Å². The highest BCUT2D eigenvalue weighted by Gasteiger charge is 2.10.